The van der Waals surface area contributed by atoms with Gasteiger partial charge in [-0.05, 0) is 25.8 Å². The molecule has 2 aliphatic rings. The van der Waals surface area contributed by atoms with E-state index in [4.69, 9.17) is 19.7 Å². The van der Waals surface area contributed by atoms with E-state index in [1.54, 1.807) is 0 Å². The van der Waals surface area contributed by atoms with E-state index in [1.165, 1.54) is 0 Å². The van der Waals surface area contributed by atoms with Gasteiger partial charge in [0, 0.05) is 11.5 Å². The van der Waals surface area contributed by atoms with Gasteiger partial charge in [-0.25, -0.2) is 0 Å². The minimum atomic E-state index is -0.558. The number of nitrogens with zero attached hydrogens (tertiary/aromatic N) is 3. The third-order valence-electron chi connectivity index (χ3n) is 2.65. The Bertz CT molecular complexity index is 288. The molecule has 0 aromatic rings. The summed E-state index contributed by atoms with van der Waals surface area (Å²) in [6.07, 6.45) is 0.606. The van der Waals surface area contributed by atoms with Crippen LogP contribution < -0.4 is 0 Å². The average Bonchev–Trinajstić information content (AvgIpc) is 2.49. The highest BCUT2D eigenvalue weighted by Gasteiger charge is 2.47. The van der Waals surface area contributed by atoms with E-state index >= 15 is 0 Å². The first-order valence-corrected chi connectivity index (χ1v) is 5.10. The lowest BCUT2D eigenvalue weighted by Gasteiger charge is -2.30. The fourth-order valence-electron chi connectivity index (χ4n) is 2.11. The van der Waals surface area contributed by atoms with Gasteiger partial charge in [0.2, 0.25) is 0 Å². The summed E-state index contributed by atoms with van der Waals surface area (Å²) in [6, 6.07) is 0. The molecule has 0 saturated carbocycles. The molecule has 6 heteroatoms. The van der Waals surface area contributed by atoms with Crippen LogP contribution in [0.3, 0.4) is 0 Å². The van der Waals surface area contributed by atoms with Gasteiger partial charge in [0.05, 0.1) is 18.8 Å². The van der Waals surface area contributed by atoms with Gasteiger partial charge in [-0.1, -0.05) is 5.11 Å². The Morgan fingerprint density at radius 2 is 2.27 bits per heavy atom. The molecule has 0 amide bonds. The van der Waals surface area contributed by atoms with E-state index in [-0.39, 0.29) is 18.3 Å². The lowest BCUT2D eigenvalue weighted by molar-refractivity contribution is -0.152. The second kappa shape index (κ2) is 3.98. The second-order valence-corrected chi connectivity index (χ2v) is 4.25. The molecule has 2 saturated heterocycles. The summed E-state index contributed by atoms with van der Waals surface area (Å²) in [5, 5.41) is 3.52. The number of ether oxygens (including phenoxy) is 3. The standard InChI is InChI=1S/C9H15N3O3/c1-9(2)14-6-3-4-13-7(5-11-12-10)8(6)15-9/h6-8H,3-5H2,1-2H3/t6-,7-,8-/m1/s1. The quantitative estimate of drug-likeness (QED) is 0.397. The number of rotatable bonds is 2. The average molecular weight is 213 g/mol. The summed E-state index contributed by atoms with van der Waals surface area (Å²) in [6.45, 7) is 4.70. The molecule has 0 aliphatic carbocycles. The fraction of sp³-hybridized carbons (Fsp3) is 1.00. The van der Waals surface area contributed by atoms with Gasteiger partial charge in [-0.15, -0.1) is 0 Å². The zero-order valence-electron chi connectivity index (χ0n) is 8.92. The predicted molar refractivity (Wildman–Crippen MR) is 52.2 cm³/mol. The van der Waals surface area contributed by atoms with Crippen molar-refractivity contribution < 1.29 is 14.2 Å². The number of hydrogen-bond acceptors (Lipinski definition) is 4. The molecule has 2 aliphatic heterocycles. The third-order valence-corrected chi connectivity index (χ3v) is 2.65. The molecule has 0 spiro atoms. The summed E-state index contributed by atoms with van der Waals surface area (Å²) < 4.78 is 17.0. The minimum absolute atomic E-state index is 0.0626. The number of fused-ring (bicyclic) bond motifs is 1. The van der Waals surface area contributed by atoms with E-state index in [1.807, 2.05) is 13.8 Å². The minimum Gasteiger partial charge on any atom is -0.375 e. The van der Waals surface area contributed by atoms with Crippen molar-refractivity contribution in [2.45, 2.75) is 44.4 Å². The third kappa shape index (κ3) is 2.23. The van der Waals surface area contributed by atoms with Crippen LogP contribution in [0.1, 0.15) is 20.3 Å². The molecule has 2 heterocycles. The first-order chi connectivity index (χ1) is 7.12. The Kier molecular flexibility index (Phi) is 2.84. The largest absolute Gasteiger partial charge is 0.375 e. The van der Waals surface area contributed by atoms with Crippen LogP contribution in [-0.2, 0) is 14.2 Å². The summed E-state index contributed by atoms with van der Waals surface area (Å²) in [4.78, 5) is 2.73. The van der Waals surface area contributed by atoms with Crippen LogP contribution in [0.15, 0.2) is 5.11 Å². The van der Waals surface area contributed by atoms with Crippen molar-refractivity contribution in [3.05, 3.63) is 10.4 Å². The first kappa shape index (κ1) is 10.7. The van der Waals surface area contributed by atoms with Crippen LogP contribution in [0.5, 0.6) is 0 Å². The number of azide groups is 1. The molecule has 0 bridgehead atoms. The van der Waals surface area contributed by atoms with E-state index in [0.29, 0.717) is 13.2 Å². The Hall–Kier alpha value is -0.810. The van der Waals surface area contributed by atoms with Crippen molar-refractivity contribution in [1.82, 2.24) is 0 Å². The predicted octanol–water partition coefficient (Wildman–Crippen LogP) is 1.61. The van der Waals surface area contributed by atoms with Gasteiger partial charge >= 0.3 is 0 Å². The smallest absolute Gasteiger partial charge is 0.163 e. The molecule has 84 valence electrons. The fourth-order valence-corrected chi connectivity index (χ4v) is 2.11. The molecule has 0 radical (unpaired) electrons. The van der Waals surface area contributed by atoms with Crippen LogP contribution in [0.4, 0.5) is 0 Å². The Balaban J connectivity index is 2.05. The highest BCUT2D eigenvalue weighted by molar-refractivity contribution is 4.91. The van der Waals surface area contributed by atoms with Crippen molar-refractivity contribution in [2.75, 3.05) is 13.2 Å². The normalized spacial score (nSPS) is 38.1. The summed E-state index contributed by atoms with van der Waals surface area (Å²) in [5.74, 6) is -0.558. The topological polar surface area (TPSA) is 76.5 Å². The molecule has 0 aromatic heterocycles. The Morgan fingerprint density at radius 3 is 3.00 bits per heavy atom. The van der Waals surface area contributed by atoms with Crippen LogP contribution >= 0.6 is 0 Å². The van der Waals surface area contributed by atoms with Crippen LogP contribution in [-0.4, -0.2) is 37.3 Å². The van der Waals surface area contributed by atoms with Gasteiger partial charge in [0.15, 0.2) is 5.79 Å². The maximum atomic E-state index is 8.27. The van der Waals surface area contributed by atoms with E-state index < -0.39 is 5.79 Å². The van der Waals surface area contributed by atoms with Gasteiger partial charge in [0.1, 0.15) is 6.10 Å². The molecular weight excluding hydrogens is 198 g/mol. The second-order valence-electron chi connectivity index (χ2n) is 4.25. The van der Waals surface area contributed by atoms with E-state index in [9.17, 15) is 0 Å². The van der Waals surface area contributed by atoms with Crippen molar-refractivity contribution in [2.24, 2.45) is 5.11 Å². The van der Waals surface area contributed by atoms with E-state index in [2.05, 4.69) is 10.0 Å². The first-order valence-electron chi connectivity index (χ1n) is 5.10. The lowest BCUT2D eigenvalue weighted by atomic mass is 10.0. The summed E-state index contributed by atoms with van der Waals surface area (Å²) >= 11 is 0. The van der Waals surface area contributed by atoms with Crippen LogP contribution in [0.2, 0.25) is 0 Å². The SMILES string of the molecule is CC1(C)O[C@H]2[C@@H](CN=[N+]=[N-])OCC[C@H]2O1. The molecule has 2 fully saturated rings. The molecule has 3 atom stereocenters. The summed E-state index contributed by atoms with van der Waals surface area (Å²) in [5.41, 5.74) is 8.27. The van der Waals surface area contributed by atoms with Crippen molar-refractivity contribution in [3.63, 3.8) is 0 Å². The summed E-state index contributed by atoms with van der Waals surface area (Å²) in [7, 11) is 0. The Morgan fingerprint density at radius 1 is 1.47 bits per heavy atom. The van der Waals surface area contributed by atoms with Crippen LogP contribution in [0.25, 0.3) is 10.4 Å². The lowest BCUT2D eigenvalue weighted by Crippen LogP contribution is -2.44. The Labute approximate surface area is 88.1 Å². The maximum Gasteiger partial charge on any atom is 0.163 e. The monoisotopic (exact) mass is 213 g/mol. The molecule has 0 aromatic carbocycles. The van der Waals surface area contributed by atoms with Gasteiger partial charge in [-0.2, -0.15) is 0 Å². The highest BCUT2D eigenvalue weighted by atomic mass is 16.8. The van der Waals surface area contributed by atoms with Gasteiger partial charge in [-0.3, -0.25) is 0 Å². The van der Waals surface area contributed by atoms with E-state index in [0.717, 1.165) is 6.42 Å². The molecule has 2 rings (SSSR count). The van der Waals surface area contributed by atoms with Crippen molar-refractivity contribution >= 4 is 0 Å². The van der Waals surface area contributed by atoms with Crippen LogP contribution in [0, 0.1) is 0 Å². The van der Waals surface area contributed by atoms with Gasteiger partial charge in [0.25, 0.3) is 0 Å². The molecule has 0 N–H and O–H groups in total. The zero-order chi connectivity index (χ0) is 10.9. The van der Waals surface area contributed by atoms with Crippen molar-refractivity contribution in [3.8, 4) is 0 Å². The molecular formula is C9H15N3O3. The van der Waals surface area contributed by atoms with Gasteiger partial charge < -0.3 is 14.2 Å². The molecule has 0 unspecified atom stereocenters. The highest BCUT2D eigenvalue weighted by Crippen LogP contribution is 2.35. The maximum absolute atomic E-state index is 8.27. The van der Waals surface area contributed by atoms with Crippen molar-refractivity contribution in [1.29, 1.82) is 0 Å². The number of hydrogen-bond donors (Lipinski definition) is 0. The molecule has 15 heavy (non-hydrogen) atoms. The zero-order valence-corrected chi connectivity index (χ0v) is 8.92. The molecule has 6 nitrogen and oxygen atoms in total.